The van der Waals surface area contributed by atoms with Crippen LogP contribution in [0.2, 0.25) is 0 Å². The van der Waals surface area contributed by atoms with E-state index < -0.39 is 17.8 Å². The Morgan fingerprint density at radius 3 is 2.10 bits per heavy atom. The molecule has 4 aromatic rings. The maximum absolute atomic E-state index is 12.9. The minimum Gasteiger partial charge on any atom is -0.493 e. The van der Waals surface area contributed by atoms with Gasteiger partial charge in [-0.3, -0.25) is 9.59 Å². The number of esters is 1. The van der Waals surface area contributed by atoms with E-state index in [-0.39, 0.29) is 11.3 Å². The normalized spacial score (nSPS) is 11.1. The molecule has 1 aromatic heterocycles. The lowest BCUT2D eigenvalue weighted by Crippen LogP contribution is -2.32. The van der Waals surface area contributed by atoms with Crippen molar-refractivity contribution >= 4 is 41.4 Å². The Balaban J connectivity index is 1.40. The van der Waals surface area contributed by atoms with Crippen LogP contribution in [0.5, 0.6) is 23.0 Å². The van der Waals surface area contributed by atoms with E-state index in [0.29, 0.717) is 34.1 Å². The van der Waals surface area contributed by atoms with Crippen LogP contribution in [0.15, 0.2) is 95.0 Å². The number of methoxy groups -OCH3 is 3. The van der Waals surface area contributed by atoms with Gasteiger partial charge in [0.15, 0.2) is 11.5 Å². The van der Waals surface area contributed by atoms with Gasteiger partial charge in [0.2, 0.25) is 5.75 Å². The van der Waals surface area contributed by atoms with Crippen LogP contribution in [0.4, 0.5) is 0 Å². The molecule has 0 atom stereocenters. The van der Waals surface area contributed by atoms with Gasteiger partial charge in [0.05, 0.1) is 33.1 Å². The van der Waals surface area contributed by atoms with Gasteiger partial charge in [-0.15, -0.1) is 11.3 Å². The monoisotopic (exact) mass is 585 g/mol. The second kappa shape index (κ2) is 14.3. The maximum atomic E-state index is 12.9. The highest BCUT2D eigenvalue weighted by atomic mass is 32.1. The summed E-state index contributed by atoms with van der Waals surface area (Å²) in [5, 5.41) is 8.52. The van der Waals surface area contributed by atoms with Gasteiger partial charge in [0.25, 0.3) is 11.8 Å². The van der Waals surface area contributed by atoms with Crippen LogP contribution >= 0.6 is 11.3 Å². The van der Waals surface area contributed by atoms with Crippen molar-refractivity contribution in [3.63, 3.8) is 0 Å². The molecular weight excluding hydrogens is 558 g/mol. The van der Waals surface area contributed by atoms with Crippen molar-refractivity contribution in [3.05, 3.63) is 112 Å². The number of thiophene rings is 1. The fraction of sp³-hybridized carbons (Fsp3) is 0.0968. The fourth-order valence-electron chi connectivity index (χ4n) is 3.67. The van der Waals surface area contributed by atoms with E-state index in [0.717, 1.165) is 4.88 Å². The molecule has 0 fully saturated rings. The van der Waals surface area contributed by atoms with Crippen LogP contribution in [0.25, 0.3) is 6.08 Å². The van der Waals surface area contributed by atoms with E-state index in [9.17, 15) is 14.4 Å². The van der Waals surface area contributed by atoms with Crippen LogP contribution in [-0.2, 0) is 4.79 Å². The first-order valence-corrected chi connectivity index (χ1v) is 13.4. The molecule has 0 aliphatic heterocycles. The zero-order valence-electron chi connectivity index (χ0n) is 23.0. The van der Waals surface area contributed by atoms with Gasteiger partial charge < -0.3 is 24.3 Å². The number of nitrogens with zero attached hydrogens (tertiary/aromatic N) is 1. The van der Waals surface area contributed by atoms with Crippen LogP contribution in [0.1, 0.15) is 31.2 Å². The summed E-state index contributed by atoms with van der Waals surface area (Å²) < 4.78 is 21.3. The predicted molar refractivity (Wildman–Crippen MR) is 159 cm³/mol. The summed E-state index contributed by atoms with van der Waals surface area (Å²) in [6, 6.07) is 21.7. The molecule has 2 N–H and O–H groups in total. The molecule has 0 unspecified atom stereocenters. The van der Waals surface area contributed by atoms with Gasteiger partial charge in [0.1, 0.15) is 11.4 Å². The minimum absolute atomic E-state index is 0.0394. The Morgan fingerprint density at radius 2 is 1.50 bits per heavy atom. The van der Waals surface area contributed by atoms with E-state index in [4.69, 9.17) is 18.9 Å². The zero-order chi connectivity index (χ0) is 29.9. The van der Waals surface area contributed by atoms with Crippen molar-refractivity contribution < 1.29 is 33.3 Å². The maximum Gasteiger partial charge on any atom is 0.343 e. The molecule has 214 valence electrons. The van der Waals surface area contributed by atoms with Crippen LogP contribution in [0, 0.1) is 0 Å². The summed E-state index contributed by atoms with van der Waals surface area (Å²) in [7, 11) is 4.38. The number of carbonyl (C=O) groups is 3. The third-order valence-corrected chi connectivity index (χ3v) is 6.55. The average Bonchev–Trinajstić information content (AvgIpc) is 3.54. The second-order valence-corrected chi connectivity index (χ2v) is 9.44. The molecular formula is C31H27N3O7S. The van der Waals surface area contributed by atoms with Crippen LogP contribution in [0.3, 0.4) is 0 Å². The van der Waals surface area contributed by atoms with Crippen LogP contribution < -0.4 is 29.7 Å². The number of amides is 2. The lowest BCUT2D eigenvalue weighted by molar-refractivity contribution is -0.117. The van der Waals surface area contributed by atoms with E-state index in [1.807, 2.05) is 17.5 Å². The summed E-state index contributed by atoms with van der Waals surface area (Å²) in [6.45, 7) is 0. The summed E-state index contributed by atoms with van der Waals surface area (Å²) >= 11 is 1.42. The number of nitrogens with one attached hydrogen (secondary N) is 2. The Morgan fingerprint density at radius 1 is 0.810 bits per heavy atom. The van der Waals surface area contributed by atoms with Crippen molar-refractivity contribution in [1.82, 2.24) is 10.7 Å². The smallest absolute Gasteiger partial charge is 0.343 e. The molecule has 1 heterocycles. The third kappa shape index (κ3) is 7.61. The molecule has 11 heteroatoms. The summed E-state index contributed by atoms with van der Waals surface area (Å²) in [5.41, 5.74) is 3.72. The average molecular weight is 586 g/mol. The first-order valence-electron chi connectivity index (χ1n) is 12.5. The molecule has 3 aromatic carbocycles. The highest BCUT2D eigenvalue weighted by Crippen LogP contribution is 2.38. The van der Waals surface area contributed by atoms with Crippen molar-refractivity contribution in [2.75, 3.05) is 21.3 Å². The number of benzene rings is 3. The highest BCUT2D eigenvalue weighted by Gasteiger charge is 2.18. The third-order valence-electron chi connectivity index (χ3n) is 5.73. The summed E-state index contributed by atoms with van der Waals surface area (Å²) in [5.74, 6) is -0.338. The zero-order valence-corrected chi connectivity index (χ0v) is 23.8. The number of rotatable bonds is 11. The van der Waals surface area contributed by atoms with Crippen molar-refractivity contribution in [1.29, 1.82) is 0 Å². The molecule has 0 bridgehead atoms. The number of ether oxygens (including phenoxy) is 4. The molecule has 0 aliphatic carbocycles. The quantitative estimate of drug-likeness (QED) is 0.0842. The Kier molecular flexibility index (Phi) is 10.1. The highest BCUT2D eigenvalue weighted by molar-refractivity contribution is 7.10. The summed E-state index contributed by atoms with van der Waals surface area (Å²) in [6.07, 6.45) is 3.00. The summed E-state index contributed by atoms with van der Waals surface area (Å²) in [4.78, 5) is 39.1. The predicted octanol–water partition coefficient (Wildman–Crippen LogP) is 4.91. The number of hydrogen-bond donors (Lipinski definition) is 2. The molecule has 4 rings (SSSR count). The molecule has 42 heavy (non-hydrogen) atoms. The molecule has 0 aliphatic rings. The largest absolute Gasteiger partial charge is 0.493 e. The Labute approximate surface area is 246 Å². The van der Waals surface area contributed by atoms with Crippen molar-refractivity contribution in [2.24, 2.45) is 5.10 Å². The molecule has 10 nitrogen and oxygen atoms in total. The topological polar surface area (TPSA) is 125 Å². The number of carbonyl (C=O) groups excluding carboxylic acids is 3. The molecule has 0 saturated carbocycles. The van der Waals surface area contributed by atoms with E-state index in [1.165, 1.54) is 51.0 Å². The first-order chi connectivity index (χ1) is 20.4. The van der Waals surface area contributed by atoms with Gasteiger partial charge in [0, 0.05) is 10.4 Å². The number of hydrogen-bond acceptors (Lipinski definition) is 9. The molecule has 0 saturated heterocycles. The molecule has 0 spiro atoms. The minimum atomic E-state index is -0.620. The fourth-order valence-corrected chi connectivity index (χ4v) is 4.33. The molecule has 2 amide bonds. The van der Waals surface area contributed by atoms with E-state index >= 15 is 0 Å². The second-order valence-electron chi connectivity index (χ2n) is 8.47. The van der Waals surface area contributed by atoms with E-state index in [1.54, 1.807) is 60.7 Å². The Bertz CT molecular complexity index is 1570. The lowest BCUT2D eigenvalue weighted by Gasteiger charge is -2.13. The van der Waals surface area contributed by atoms with Crippen LogP contribution in [-0.4, -0.2) is 45.3 Å². The first kappa shape index (κ1) is 29.6. The number of hydrazone groups is 1. The van der Waals surface area contributed by atoms with Gasteiger partial charge in [-0.1, -0.05) is 24.3 Å². The van der Waals surface area contributed by atoms with E-state index in [2.05, 4.69) is 15.8 Å². The van der Waals surface area contributed by atoms with Gasteiger partial charge in [-0.05, 0) is 71.6 Å². The van der Waals surface area contributed by atoms with Gasteiger partial charge in [-0.25, -0.2) is 10.2 Å². The van der Waals surface area contributed by atoms with Crippen molar-refractivity contribution in [2.45, 2.75) is 0 Å². The van der Waals surface area contributed by atoms with Crippen molar-refractivity contribution in [3.8, 4) is 23.0 Å². The van der Waals surface area contributed by atoms with Gasteiger partial charge in [-0.2, -0.15) is 5.10 Å². The van der Waals surface area contributed by atoms with Gasteiger partial charge >= 0.3 is 5.97 Å². The Hall–Kier alpha value is -5.42. The SMILES string of the molecule is COc1cc(C(=O)Oc2ccc(/C=N\NC(=O)C(=Cc3cccs3)NC(=O)c3ccccc3)cc2)cc(OC)c1OC. The lowest BCUT2D eigenvalue weighted by atomic mass is 10.2. The molecule has 0 radical (unpaired) electrons. The standard InChI is InChI=1S/C31H27N3O7S/c1-38-26-16-22(17-27(39-2)28(26)40-3)31(37)41-23-13-11-20(12-14-23)19-32-34-30(36)25(18-24-10-7-15-42-24)33-29(35)21-8-5-4-6-9-21/h4-19H,1-3H3,(H,33,35)(H,34,36)/b25-18?,32-19-.